The Morgan fingerprint density at radius 2 is 0.632 bits per heavy atom. The number of hydrogen-bond donors (Lipinski definition) is 3. The van der Waals surface area contributed by atoms with E-state index >= 15 is 0 Å². The highest BCUT2D eigenvalue weighted by atomic mass is 16.4. The van der Waals surface area contributed by atoms with Gasteiger partial charge in [-0.25, -0.2) is 4.79 Å². The summed E-state index contributed by atoms with van der Waals surface area (Å²) < 4.78 is 0. The largest absolute Gasteiger partial charge is 0.480 e. The van der Waals surface area contributed by atoms with Gasteiger partial charge in [-0.2, -0.15) is 0 Å². The topological polar surface area (TPSA) is 226 Å². The van der Waals surface area contributed by atoms with Crippen LogP contribution in [-0.4, -0.2) is 192 Å². The SMILES string of the molecule is C[C@@H](O)[C@H](N)C(=O)N1CCC[C@H]1C(=O)N1CCC[C@H]1C(=O)N1CCC[C@H]1C(=O)N1CCC[C@H]1C(=O)N1CCC[C@H]1C(=O)N1CCC[C@H]1C(=O)N1CCC[C@H]1C(=O)O. The highest BCUT2D eigenvalue weighted by Gasteiger charge is 2.51. The Labute approximate surface area is 332 Å². The lowest BCUT2D eigenvalue weighted by atomic mass is 10.1. The van der Waals surface area contributed by atoms with E-state index in [0.717, 1.165) is 0 Å². The summed E-state index contributed by atoms with van der Waals surface area (Å²) in [5.41, 5.74) is 5.93. The number of hydrogen-bond acceptors (Lipinski definition) is 10. The standard InChI is InChI=1S/C39H58N8O10/c1-23(48)31(40)38(55)46-21-7-14-29(46)36(53)44-19-5-12-27(44)34(51)42-17-3-10-25(42)32(49)41-16-2-9-24(41)33(50)43-18-4-11-26(43)35(52)45-20-6-13-28(45)37(54)47-22-8-15-30(47)39(56)57/h23-31,48H,2-22,40H2,1H3,(H,56,57)/t23-,24+,25+,26+,27+,28+,29+,30+,31+/m1/s1. The number of nitrogens with zero attached hydrogens (tertiary/aromatic N) is 7. The number of nitrogens with two attached hydrogens (primary N) is 1. The molecule has 7 fully saturated rings. The molecule has 0 bridgehead atoms. The molecule has 4 N–H and O–H groups in total. The highest BCUT2D eigenvalue weighted by Crippen LogP contribution is 2.33. The fourth-order valence-corrected chi connectivity index (χ4v) is 10.6. The van der Waals surface area contributed by atoms with Gasteiger partial charge in [0.1, 0.15) is 48.3 Å². The highest BCUT2D eigenvalue weighted by molar-refractivity contribution is 5.98. The van der Waals surface area contributed by atoms with Crippen LogP contribution in [0.1, 0.15) is 96.8 Å². The molecule has 7 aliphatic rings. The van der Waals surface area contributed by atoms with Crippen molar-refractivity contribution in [2.45, 2.75) is 151 Å². The van der Waals surface area contributed by atoms with Crippen LogP contribution in [0.15, 0.2) is 0 Å². The van der Waals surface area contributed by atoms with Crippen molar-refractivity contribution in [3.8, 4) is 0 Å². The first-order valence-electron chi connectivity index (χ1n) is 21.1. The number of aliphatic hydroxyl groups excluding tert-OH is 1. The smallest absolute Gasteiger partial charge is 0.326 e. The lowest BCUT2D eigenvalue weighted by molar-refractivity contribution is -0.155. The maximum Gasteiger partial charge on any atom is 0.326 e. The van der Waals surface area contributed by atoms with Gasteiger partial charge in [0.15, 0.2) is 0 Å². The molecule has 57 heavy (non-hydrogen) atoms. The predicted molar refractivity (Wildman–Crippen MR) is 200 cm³/mol. The molecular formula is C39H58N8O10. The maximum atomic E-state index is 14.4. The summed E-state index contributed by atoms with van der Waals surface area (Å²) >= 11 is 0. The third-order valence-corrected chi connectivity index (χ3v) is 13.6. The summed E-state index contributed by atoms with van der Waals surface area (Å²) in [5, 5.41) is 19.6. The molecular weight excluding hydrogens is 740 g/mol. The minimum Gasteiger partial charge on any atom is -0.480 e. The number of aliphatic carboxylic acids is 1. The zero-order chi connectivity index (χ0) is 40.7. The Bertz CT molecular complexity index is 1640. The molecule has 0 radical (unpaired) electrons. The summed E-state index contributed by atoms with van der Waals surface area (Å²) in [4.78, 5) is 120. The van der Waals surface area contributed by atoms with Crippen LogP contribution in [0.2, 0.25) is 0 Å². The Hall–Kier alpha value is -4.32. The van der Waals surface area contributed by atoms with Gasteiger partial charge < -0.3 is 50.2 Å². The van der Waals surface area contributed by atoms with Gasteiger partial charge in [-0.15, -0.1) is 0 Å². The van der Waals surface area contributed by atoms with Gasteiger partial charge in [-0.05, 0) is 96.8 Å². The van der Waals surface area contributed by atoms with Gasteiger partial charge >= 0.3 is 5.97 Å². The lowest BCUT2D eigenvalue weighted by Gasteiger charge is -2.37. The van der Waals surface area contributed by atoms with Gasteiger partial charge in [0.25, 0.3) is 0 Å². The van der Waals surface area contributed by atoms with Gasteiger partial charge in [0.2, 0.25) is 41.4 Å². The quantitative estimate of drug-likeness (QED) is 0.249. The molecule has 7 rings (SSSR count). The van der Waals surface area contributed by atoms with Crippen molar-refractivity contribution in [3.05, 3.63) is 0 Å². The molecule has 9 atom stereocenters. The van der Waals surface area contributed by atoms with Crippen molar-refractivity contribution >= 4 is 47.3 Å². The van der Waals surface area contributed by atoms with Crippen molar-refractivity contribution in [2.24, 2.45) is 5.73 Å². The van der Waals surface area contributed by atoms with E-state index in [-0.39, 0.29) is 35.4 Å². The first kappa shape index (κ1) is 40.9. The number of likely N-dealkylation sites (tertiary alicyclic amines) is 7. The first-order valence-corrected chi connectivity index (χ1v) is 21.1. The summed E-state index contributed by atoms with van der Waals surface area (Å²) in [6, 6.07) is -6.80. The molecule has 0 aliphatic carbocycles. The summed E-state index contributed by atoms with van der Waals surface area (Å²) in [6.07, 6.45) is 5.95. The van der Waals surface area contributed by atoms with E-state index in [4.69, 9.17) is 5.73 Å². The van der Waals surface area contributed by atoms with Crippen molar-refractivity contribution in [2.75, 3.05) is 45.8 Å². The minimum atomic E-state index is -1.16. The van der Waals surface area contributed by atoms with E-state index in [2.05, 4.69) is 0 Å². The molecule has 7 aliphatic heterocycles. The van der Waals surface area contributed by atoms with Crippen LogP contribution in [-0.2, 0) is 38.4 Å². The van der Waals surface area contributed by atoms with Crippen LogP contribution in [0.5, 0.6) is 0 Å². The molecule has 0 aromatic carbocycles. The average Bonchev–Trinajstić information content (AvgIpc) is 4.07. The molecule has 7 amide bonds. The van der Waals surface area contributed by atoms with Crippen LogP contribution < -0.4 is 5.73 Å². The second kappa shape index (κ2) is 16.9. The van der Waals surface area contributed by atoms with Gasteiger partial charge in [0.05, 0.1) is 6.10 Å². The van der Waals surface area contributed by atoms with Crippen molar-refractivity contribution in [1.82, 2.24) is 34.3 Å². The third-order valence-electron chi connectivity index (χ3n) is 13.6. The van der Waals surface area contributed by atoms with Gasteiger partial charge in [0, 0.05) is 45.8 Å². The van der Waals surface area contributed by atoms with Gasteiger partial charge in [-0.3, -0.25) is 33.6 Å². The number of amides is 7. The first-order chi connectivity index (χ1) is 27.3. The second-order valence-corrected chi connectivity index (χ2v) is 16.9. The van der Waals surface area contributed by atoms with Crippen molar-refractivity contribution in [1.29, 1.82) is 0 Å². The fraction of sp³-hybridized carbons (Fsp3) is 0.795. The maximum absolute atomic E-state index is 14.4. The number of carboxylic acids is 1. The minimum absolute atomic E-state index is 0.321. The Morgan fingerprint density at radius 3 is 0.877 bits per heavy atom. The molecule has 0 saturated carbocycles. The van der Waals surface area contributed by atoms with E-state index in [1.165, 1.54) is 26.5 Å². The molecule has 0 aromatic heterocycles. The molecule has 7 saturated heterocycles. The fourth-order valence-electron chi connectivity index (χ4n) is 10.6. The van der Waals surface area contributed by atoms with Gasteiger partial charge in [-0.1, -0.05) is 0 Å². The van der Waals surface area contributed by atoms with E-state index < -0.39 is 66.3 Å². The van der Waals surface area contributed by atoms with E-state index in [1.807, 2.05) is 0 Å². The van der Waals surface area contributed by atoms with E-state index in [0.29, 0.717) is 136 Å². The average molecular weight is 799 g/mol. The number of carboxylic acid groups (broad SMARTS) is 1. The number of aliphatic hydroxyl groups is 1. The normalized spacial score (nSPS) is 31.4. The number of carbonyl (C=O) groups is 8. The molecule has 0 aromatic rings. The Morgan fingerprint density at radius 1 is 0.421 bits per heavy atom. The number of rotatable bonds is 9. The van der Waals surface area contributed by atoms with Crippen LogP contribution in [0.25, 0.3) is 0 Å². The van der Waals surface area contributed by atoms with Crippen LogP contribution >= 0.6 is 0 Å². The van der Waals surface area contributed by atoms with E-state index in [9.17, 15) is 48.6 Å². The lowest BCUT2D eigenvalue weighted by Crippen LogP contribution is -2.59. The molecule has 0 unspecified atom stereocenters. The van der Waals surface area contributed by atoms with E-state index in [1.54, 1.807) is 14.7 Å². The van der Waals surface area contributed by atoms with Crippen molar-refractivity contribution < 1.29 is 48.6 Å². The summed E-state index contributed by atoms with van der Waals surface area (Å²) in [7, 11) is 0. The molecule has 18 heteroatoms. The second-order valence-electron chi connectivity index (χ2n) is 16.9. The Balaban J connectivity index is 1.00. The molecule has 314 valence electrons. The monoisotopic (exact) mass is 798 g/mol. The van der Waals surface area contributed by atoms with Crippen LogP contribution in [0.4, 0.5) is 0 Å². The van der Waals surface area contributed by atoms with Crippen molar-refractivity contribution in [3.63, 3.8) is 0 Å². The third kappa shape index (κ3) is 7.58. The Kier molecular flexibility index (Phi) is 12.1. The molecule has 18 nitrogen and oxygen atoms in total. The zero-order valence-electron chi connectivity index (χ0n) is 32.9. The summed E-state index contributed by atoms with van der Waals surface area (Å²) in [6.45, 7) is 3.77. The zero-order valence-corrected chi connectivity index (χ0v) is 32.9. The summed E-state index contributed by atoms with van der Waals surface area (Å²) in [5.74, 6) is -3.53. The molecule has 7 heterocycles. The predicted octanol–water partition coefficient (Wildman–Crippen LogP) is -1.28. The van der Waals surface area contributed by atoms with Crippen LogP contribution in [0.3, 0.4) is 0 Å². The number of carbonyl (C=O) groups excluding carboxylic acids is 7. The molecule has 0 spiro atoms. The van der Waals surface area contributed by atoms with Crippen LogP contribution in [0, 0.1) is 0 Å².